The highest BCUT2D eigenvalue weighted by molar-refractivity contribution is 7.99. The highest BCUT2D eigenvalue weighted by atomic mass is 32.2. The molecule has 3 nitrogen and oxygen atoms in total. The van der Waals surface area contributed by atoms with Gasteiger partial charge in [-0.1, -0.05) is 24.3 Å². The molecule has 1 saturated heterocycles. The quantitative estimate of drug-likeness (QED) is 0.829. The van der Waals surface area contributed by atoms with Crippen molar-refractivity contribution < 1.29 is 9.53 Å². The summed E-state index contributed by atoms with van der Waals surface area (Å²) in [6, 6.07) is 16.1. The second kappa shape index (κ2) is 7.75. The van der Waals surface area contributed by atoms with E-state index in [1.807, 2.05) is 72.2 Å². The molecule has 0 aromatic heterocycles. The van der Waals surface area contributed by atoms with Crippen LogP contribution in [0, 0.1) is 0 Å². The maximum Gasteiger partial charge on any atom is 0.253 e. The summed E-state index contributed by atoms with van der Waals surface area (Å²) in [5.41, 5.74) is 2.84. The molecule has 0 unspecified atom stereocenters. The molecule has 1 aliphatic rings. The number of thioether (sulfide) groups is 1. The smallest absolute Gasteiger partial charge is 0.253 e. The van der Waals surface area contributed by atoms with Gasteiger partial charge in [0.05, 0.1) is 7.11 Å². The maximum atomic E-state index is 12.8. The molecule has 2 aromatic rings. The average molecular weight is 341 g/mol. The molecule has 126 valence electrons. The SMILES string of the molecule is COc1cccc(-c2cccc(C(=O)N(C)C3CCSCC3)c2)c1. The zero-order chi connectivity index (χ0) is 16.9. The van der Waals surface area contributed by atoms with Crippen LogP contribution in [0.15, 0.2) is 48.5 Å². The molecule has 0 atom stereocenters. The molecule has 4 heteroatoms. The summed E-state index contributed by atoms with van der Waals surface area (Å²) in [5, 5.41) is 0. The van der Waals surface area contributed by atoms with Crippen molar-refractivity contribution in [1.29, 1.82) is 0 Å². The highest BCUT2D eigenvalue weighted by Gasteiger charge is 2.23. The number of benzene rings is 2. The minimum absolute atomic E-state index is 0.108. The van der Waals surface area contributed by atoms with Crippen molar-refractivity contribution >= 4 is 17.7 Å². The van der Waals surface area contributed by atoms with Gasteiger partial charge in [0.2, 0.25) is 0 Å². The summed E-state index contributed by atoms with van der Waals surface area (Å²) in [7, 11) is 3.59. The van der Waals surface area contributed by atoms with Gasteiger partial charge in [-0.25, -0.2) is 0 Å². The van der Waals surface area contributed by atoms with Crippen LogP contribution >= 0.6 is 11.8 Å². The maximum absolute atomic E-state index is 12.8. The summed E-state index contributed by atoms with van der Waals surface area (Å²) < 4.78 is 5.29. The Bertz CT molecular complexity index is 710. The molecule has 0 bridgehead atoms. The Morgan fingerprint density at radius 2 is 1.75 bits per heavy atom. The van der Waals surface area contributed by atoms with E-state index in [1.54, 1.807) is 7.11 Å². The minimum Gasteiger partial charge on any atom is -0.497 e. The number of hydrogen-bond donors (Lipinski definition) is 0. The Hall–Kier alpha value is -1.94. The fourth-order valence-electron chi connectivity index (χ4n) is 3.08. The summed E-state index contributed by atoms with van der Waals surface area (Å²) in [6.07, 6.45) is 2.17. The first-order chi connectivity index (χ1) is 11.7. The minimum atomic E-state index is 0.108. The van der Waals surface area contributed by atoms with Crippen LogP contribution in [0.1, 0.15) is 23.2 Å². The predicted octanol–water partition coefficient (Wildman–Crippen LogP) is 4.33. The summed E-state index contributed by atoms with van der Waals surface area (Å²) in [5.74, 6) is 3.22. The van der Waals surface area contributed by atoms with E-state index in [0.717, 1.165) is 46.8 Å². The summed E-state index contributed by atoms with van der Waals surface area (Å²) >= 11 is 1.98. The van der Waals surface area contributed by atoms with Crippen LogP contribution < -0.4 is 4.74 Å². The van der Waals surface area contributed by atoms with Crippen molar-refractivity contribution in [2.75, 3.05) is 25.7 Å². The van der Waals surface area contributed by atoms with Gasteiger partial charge in [-0.3, -0.25) is 4.79 Å². The lowest BCUT2D eigenvalue weighted by molar-refractivity contribution is 0.0723. The van der Waals surface area contributed by atoms with E-state index >= 15 is 0 Å². The van der Waals surface area contributed by atoms with E-state index in [4.69, 9.17) is 4.74 Å². The van der Waals surface area contributed by atoms with Crippen LogP contribution in [-0.4, -0.2) is 42.5 Å². The Balaban J connectivity index is 1.82. The third kappa shape index (κ3) is 3.75. The van der Waals surface area contributed by atoms with E-state index in [-0.39, 0.29) is 5.91 Å². The normalized spacial score (nSPS) is 15.1. The number of nitrogens with zero attached hydrogens (tertiary/aromatic N) is 1. The Morgan fingerprint density at radius 1 is 1.08 bits per heavy atom. The molecule has 1 heterocycles. The van der Waals surface area contributed by atoms with Crippen molar-refractivity contribution in [2.24, 2.45) is 0 Å². The third-order valence-corrected chi connectivity index (χ3v) is 5.62. The number of hydrogen-bond acceptors (Lipinski definition) is 3. The molecular weight excluding hydrogens is 318 g/mol. The first-order valence-electron chi connectivity index (χ1n) is 8.28. The molecule has 0 N–H and O–H groups in total. The summed E-state index contributed by atoms with van der Waals surface area (Å²) in [4.78, 5) is 14.8. The second-order valence-corrected chi connectivity index (χ2v) is 7.30. The zero-order valence-corrected chi connectivity index (χ0v) is 15.0. The first kappa shape index (κ1) is 16.9. The molecule has 1 amide bonds. The van der Waals surface area contributed by atoms with E-state index < -0.39 is 0 Å². The highest BCUT2D eigenvalue weighted by Crippen LogP contribution is 2.26. The fraction of sp³-hybridized carbons (Fsp3) is 0.350. The largest absolute Gasteiger partial charge is 0.497 e. The van der Waals surface area contributed by atoms with Crippen LogP contribution in [0.5, 0.6) is 5.75 Å². The number of rotatable bonds is 4. The van der Waals surface area contributed by atoms with Gasteiger partial charge in [0.25, 0.3) is 5.91 Å². The molecule has 0 aliphatic carbocycles. The molecule has 2 aromatic carbocycles. The molecule has 1 aliphatic heterocycles. The van der Waals surface area contributed by atoms with Crippen LogP contribution in [0.3, 0.4) is 0 Å². The number of carbonyl (C=O) groups is 1. The van der Waals surface area contributed by atoms with Crippen LogP contribution in [0.2, 0.25) is 0 Å². The van der Waals surface area contributed by atoms with Crippen LogP contribution in [0.25, 0.3) is 11.1 Å². The Kier molecular flexibility index (Phi) is 5.46. The second-order valence-electron chi connectivity index (χ2n) is 6.07. The lowest BCUT2D eigenvalue weighted by Crippen LogP contribution is -2.39. The van der Waals surface area contributed by atoms with Crippen LogP contribution in [0.4, 0.5) is 0 Å². The van der Waals surface area contributed by atoms with E-state index in [1.165, 1.54) is 0 Å². The van der Waals surface area contributed by atoms with Gasteiger partial charge in [0, 0.05) is 18.7 Å². The van der Waals surface area contributed by atoms with Gasteiger partial charge >= 0.3 is 0 Å². The summed E-state index contributed by atoms with van der Waals surface area (Å²) in [6.45, 7) is 0. The first-order valence-corrected chi connectivity index (χ1v) is 9.44. The molecule has 1 fully saturated rings. The average Bonchev–Trinajstić information content (AvgIpc) is 2.67. The molecule has 0 saturated carbocycles. The van der Waals surface area contributed by atoms with Gasteiger partial charge in [0.15, 0.2) is 0 Å². The van der Waals surface area contributed by atoms with Gasteiger partial charge in [-0.15, -0.1) is 0 Å². The standard InChI is InChI=1S/C20H23NO2S/c1-21(18-9-11-24-12-10-18)20(22)17-7-3-5-15(13-17)16-6-4-8-19(14-16)23-2/h3-8,13-14,18H,9-12H2,1-2H3. The molecule has 0 radical (unpaired) electrons. The molecule has 24 heavy (non-hydrogen) atoms. The van der Waals surface area contributed by atoms with Gasteiger partial charge in [-0.2, -0.15) is 11.8 Å². The van der Waals surface area contributed by atoms with E-state index in [0.29, 0.717) is 6.04 Å². The van der Waals surface area contributed by atoms with Crippen molar-refractivity contribution in [3.8, 4) is 16.9 Å². The lowest BCUT2D eigenvalue weighted by atomic mass is 10.0. The van der Waals surface area contributed by atoms with Gasteiger partial charge in [0.1, 0.15) is 5.75 Å². The van der Waals surface area contributed by atoms with Crippen molar-refractivity contribution in [1.82, 2.24) is 4.90 Å². The van der Waals surface area contributed by atoms with Gasteiger partial charge in [-0.05, 0) is 59.7 Å². The molecule has 0 spiro atoms. The topological polar surface area (TPSA) is 29.5 Å². The van der Waals surface area contributed by atoms with Crippen molar-refractivity contribution in [3.05, 3.63) is 54.1 Å². The van der Waals surface area contributed by atoms with E-state index in [9.17, 15) is 4.79 Å². The van der Waals surface area contributed by atoms with E-state index in [2.05, 4.69) is 0 Å². The number of methoxy groups -OCH3 is 1. The number of amides is 1. The number of ether oxygens (including phenoxy) is 1. The Labute approximate surface area is 148 Å². The molecule has 3 rings (SSSR count). The lowest BCUT2D eigenvalue weighted by Gasteiger charge is -2.31. The third-order valence-electron chi connectivity index (χ3n) is 4.57. The van der Waals surface area contributed by atoms with Crippen LogP contribution in [-0.2, 0) is 0 Å². The van der Waals surface area contributed by atoms with Crippen molar-refractivity contribution in [2.45, 2.75) is 18.9 Å². The number of carbonyl (C=O) groups excluding carboxylic acids is 1. The molecular formula is C20H23NO2S. The monoisotopic (exact) mass is 341 g/mol. The van der Waals surface area contributed by atoms with Gasteiger partial charge < -0.3 is 9.64 Å². The fourth-order valence-corrected chi connectivity index (χ4v) is 4.16. The van der Waals surface area contributed by atoms with Crippen molar-refractivity contribution in [3.63, 3.8) is 0 Å². The Morgan fingerprint density at radius 3 is 2.46 bits per heavy atom. The predicted molar refractivity (Wildman–Crippen MR) is 101 cm³/mol. The zero-order valence-electron chi connectivity index (χ0n) is 14.2.